The van der Waals surface area contributed by atoms with Crippen LogP contribution in [0.2, 0.25) is 0 Å². The van der Waals surface area contributed by atoms with Gasteiger partial charge in [-0.3, -0.25) is 0 Å². The van der Waals surface area contributed by atoms with Gasteiger partial charge in [-0.05, 0) is 322 Å². The minimum Gasteiger partial charge on any atom is -0.455 e. The lowest BCUT2D eigenvalue weighted by molar-refractivity contribution is 0.671. The smallest absolute Gasteiger partial charge is 0.143 e. The highest BCUT2D eigenvalue weighted by atomic mass is 16.3. The van der Waals surface area contributed by atoms with Gasteiger partial charge in [0.15, 0.2) is 0 Å². The van der Waals surface area contributed by atoms with Gasteiger partial charge in [-0.25, -0.2) is 19.9 Å². The van der Waals surface area contributed by atoms with Crippen molar-refractivity contribution in [2.75, 3.05) is 0 Å². The Labute approximate surface area is 671 Å². The molecule has 7 aromatic heterocycles. The molecule has 115 heavy (non-hydrogen) atoms. The van der Waals surface area contributed by atoms with Gasteiger partial charge in [0.2, 0.25) is 0 Å². The summed E-state index contributed by atoms with van der Waals surface area (Å²) in [7, 11) is 0. The van der Waals surface area contributed by atoms with Gasteiger partial charge in [-0.1, -0.05) is 143 Å². The molecule has 9 heteroatoms. The van der Waals surface area contributed by atoms with Crippen LogP contribution >= 0.6 is 0 Å². The van der Waals surface area contributed by atoms with Gasteiger partial charge in [0.1, 0.15) is 11.2 Å². The predicted molar refractivity (Wildman–Crippen MR) is 487 cm³/mol. The van der Waals surface area contributed by atoms with Crippen molar-refractivity contribution >= 4 is 115 Å². The second-order valence-corrected chi connectivity index (χ2v) is 33.1. The predicted octanol–water partition coefficient (Wildman–Crippen LogP) is 28.4. The van der Waals surface area contributed by atoms with Gasteiger partial charge in [-0.2, -0.15) is 0 Å². The zero-order chi connectivity index (χ0) is 79.6. The summed E-state index contributed by atoms with van der Waals surface area (Å²) in [5, 5.41) is 1.93. The molecule has 0 radical (unpaired) electrons. The molecule has 0 saturated heterocycles. The molecule has 0 aliphatic carbocycles. The number of fused-ring (bicyclic) bond motifs is 19. The number of hydrogen-bond donors (Lipinski definition) is 4. The lowest BCUT2D eigenvalue weighted by atomic mass is 9.92. The SMILES string of the molecule is Cc1cc(C)c(-c2c3nc(c(-c4c(C)cc(C)cc4C)c4ccc([nH]4)c(-c4cccc5c4oc4c(-c6c7nc(c(-c8c(C)cc(C)cc8C)c8ccc([nH]8)c(-c8c(C)cc(C)cc8C)c8nc(c(-c9c(C)cc(C)cc9C)c9ccc6[nH]9)C=C8)C=C7)cccc45)c4nc(c(-c5c(C)cc(C)cc5C)c5ccc2[nH]5)C=C4)C=C3)c(C)c1. The minimum absolute atomic E-state index is 0.729. The van der Waals surface area contributed by atoms with E-state index in [1.165, 1.54) is 100 Å². The Bertz CT molecular complexity index is 6670. The summed E-state index contributed by atoms with van der Waals surface area (Å²) in [5.74, 6) is 0. The summed E-state index contributed by atoms with van der Waals surface area (Å²) in [5.41, 5.74) is 53.7. The number of hydrogen-bond acceptors (Lipinski definition) is 5. The van der Waals surface area contributed by atoms with Crippen LogP contribution in [0.1, 0.15) is 146 Å². The van der Waals surface area contributed by atoms with Crippen LogP contribution in [0.15, 0.2) is 162 Å². The van der Waals surface area contributed by atoms with E-state index in [0.717, 1.165) is 201 Å². The molecule has 4 aliphatic heterocycles. The van der Waals surface area contributed by atoms with Gasteiger partial charge in [0.25, 0.3) is 0 Å². The van der Waals surface area contributed by atoms with Crippen LogP contribution in [0.5, 0.6) is 0 Å². The summed E-state index contributed by atoms with van der Waals surface area (Å²) in [4.78, 5) is 39.9. The lowest BCUT2D eigenvalue weighted by Crippen LogP contribution is -1.96. The van der Waals surface area contributed by atoms with E-state index in [1.54, 1.807) is 0 Å². The number of benzene rings is 8. The second-order valence-electron chi connectivity index (χ2n) is 33.1. The Morgan fingerprint density at radius 2 is 0.357 bits per heavy atom. The van der Waals surface area contributed by atoms with Crippen LogP contribution in [0, 0.1) is 125 Å². The number of aryl methyl sites for hydroxylation is 18. The molecule has 9 nitrogen and oxygen atoms in total. The topological polar surface area (TPSA) is 128 Å². The van der Waals surface area contributed by atoms with Crippen molar-refractivity contribution in [3.05, 3.63) is 303 Å². The fourth-order valence-corrected chi connectivity index (χ4v) is 20.2. The van der Waals surface area contributed by atoms with Gasteiger partial charge >= 0.3 is 0 Å². The molecule has 0 spiro atoms. The molecule has 4 N–H and O–H groups in total. The van der Waals surface area contributed by atoms with Crippen molar-refractivity contribution < 1.29 is 4.42 Å². The number of nitrogens with one attached hydrogen (secondary N) is 4. The third-order valence-corrected chi connectivity index (χ3v) is 24.1. The van der Waals surface area contributed by atoms with Gasteiger partial charge in [-0.15, -0.1) is 0 Å². The summed E-state index contributed by atoms with van der Waals surface area (Å²) in [6, 6.07) is 58.6. The summed E-state index contributed by atoms with van der Waals surface area (Å²) in [6.45, 7) is 39.8. The largest absolute Gasteiger partial charge is 0.455 e. The molecule has 19 rings (SSSR count). The molecule has 0 atom stereocenters. The lowest BCUT2D eigenvalue weighted by Gasteiger charge is -2.14. The van der Waals surface area contributed by atoms with Crippen LogP contribution in [0.25, 0.3) is 204 Å². The summed E-state index contributed by atoms with van der Waals surface area (Å²) < 4.78 is 7.86. The molecule has 0 saturated carbocycles. The zero-order valence-electron chi connectivity index (χ0n) is 68.8. The Balaban J connectivity index is 0.928. The number of para-hydroxylation sites is 2. The first-order valence-electron chi connectivity index (χ1n) is 40.1. The van der Waals surface area contributed by atoms with Crippen molar-refractivity contribution in [3.63, 3.8) is 0 Å². The van der Waals surface area contributed by atoms with Crippen LogP contribution < -0.4 is 0 Å². The number of H-pyrrole nitrogens is 4. The first-order chi connectivity index (χ1) is 55.4. The molecule has 0 amide bonds. The first kappa shape index (κ1) is 72.0. The average Bonchev–Trinajstić information content (AvgIpc) is 1.58. The Morgan fingerprint density at radius 1 is 0.191 bits per heavy atom. The fourth-order valence-electron chi connectivity index (χ4n) is 20.2. The molecule has 4 aliphatic rings. The number of furan rings is 1. The quantitative estimate of drug-likeness (QED) is 0.120. The number of nitrogens with zero attached hydrogens (tertiary/aromatic N) is 4. The maximum Gasteiger partial charge on any atom is 0.143 e. The second kappa shape index (κ2) is 27.3. The Kier molecular flexibility index (Phi) is 17.1. The zero-order valence-corrected chi connectivity index (χ0v) is 68.8. The van der Waals surface area contributed by atoms with Crippen molar-refractivity contribution in [2.24, 2.45) is 0 Å². The molecule has 15 aromatic rings. The Morgan fingerprint density at radius 3 is 0.539 bits per heavy atom. The van der Waals surface area contributed by atoms with E-state index in [2.05, 4.69) is 351 Å². The minimum atomic E-state index is 0.729. The number of rotatable bonds is 8. The highest BCUT2D eigenvalue weighted by molar-refractivity contribution is 6.17. The molecule has 11 heterocycles. The van der Waals surface area contributed by atoms with Gasteiger partial charge in [0, 0.05) is 111 Å². The fraction of sp³-hybridized carbons (Fsp3) is 0.170. The van der Waals surface area contributed by atoms with Crippen LogP contribution in [0.4, 0.5) is 0 Å². The molecule has 0 fully saturated rings. The van der Waals surface area contributed by atoms with Crippen molar-refractivity contribution in [1.29, 1.82) is 0 Å². The third kappa shape index (κ3) is 12.0. The number of aromatic amines is 4. The average molecular weight is 1490 g/mol. The van der Waals surface area contributed by atoms with Crippen LogP contribution in [0.3, 0.4) is 0 Å². The van der Waals surface area contributed by atoms with E-state index in [-0.39, 0.29) is 0 Å². The highest BCUT2D eigenvalue weighted by Gasteiger charge is 2.29. The number of aromatic nitrogens is 8. The summed E-state index contributed by atoms with van der Waals surface area (Å²) >= 11 is 0. The third-order valence-electron chi connectivity index (χ3n) is 24.1. The van der Waals surface area contributed by atoms with Crippen LogP contribution in [-0.2, 0) is 0 Å². The van der Waals surface area contributed by atoms with E-state index in [4.69, 9.17) is 24.4 Å². The van der Waals surface area contributed by atoms with E-state index in [0.29, 0.717) is 0 Å². The van der Waals surface area contributed by atoms with Crippen molar-refractivity contribution in [1.82, 2.24) is 39.9 Å². The maximum atomic E-state index is 7.86. The van der Waals surface area contributed by atoms with Crippen LogP contribution in [-0.4, -0.2) is 39.9 Å². The highest BCUT2D eigenvalue weighted by Crippen LogP contribution is 2.49. The maximum absolute atomic E-state index is 7.86. The van der Waals surface area contributed by atoms with Crippen molar-refractivity contribution in [3.8, 4) is 89.0 Å². The molecule has 16 bridgehead atoms. The molecule has 0 unspecified atom stereocenters. The molecular formula is C106H92N8O. The standard InChI is InChI=1S/C106H92N8O/c1-53-41-59(7)91(60(8)42-53)99-79-29-25-75(107-79)97(76-26-30-80(108-76)100(92-61(9)43-54(2)44-62(92)10)84-34-38-88(112-84)103(87-37-33-83(99)111-87)95-67(15)49-57(5)50-68(95)16)73-23-19-21-71-72-22-20-24-74(106(72)115-105(71)73)98-77-27-31-81(109-77)101(93-63(11)45-55(3)46-64(93)12)85-35-39-89(113-85)104(96-69(17)51-58(6)52-70(96)18)90-40-36-86(114-90)102(82-32-28-78(98)110-82)94-65(13)47-56(4)48-66(94)14/h19-52,107,109,112,114H,1-18H3. The summed E-state index contributed by atoms with van der Waals surface area (Å²) in [6.07, 6.45) is 17.7. The van der Waals surface area contributed by atoms with Crippen molar-refractivity contribution in [2.45, 2.75) is 125 Å². The molecule has 8 aromatic carbocycles. The monoisotopic (exact) mass is 1490 g/mol. The van der Waals surface area contributed by atoms with E-state index < -0.39 is 0 Å². The van der Waals surface area contributed by atoms with Gasteiger partial charge < -0.3 is 24.4 Å². The first-order valence-corrected chi connectivity index (χ1v) is 40.1. The normalized spacial score (nSPS) is 12.5. The molecular weight excluding hydrogens is 1400 g/mol. The Hall–Kier alpha value is -13.2. The van der Waals surface area contributed by atoms with E-state index in [1.807, 2.05) is 0 Å². The molecule has 562 valence electrons. The van der Waals surface area contributed by atoms with Gasteiger partial charge in [0.05, 0.1) is 45.6 Å². The van der Waals surface area contributed by atoms with E-state index >= 15 is 0 Å². The van der Waals surface area contributed by atoms with E-state index in [9.17, 15) is 0 Å².